The minimum absolute atomic E-state index is 0.0612. The lowest BCUT2D eigenvalue weighted by molar-refractivity contribution is -0.302. The fraction of sp³-hybridized carbons (Fsp3) is 0.781. The van der Waals surface area contributed by atoms with Crippen molar-refractivity contribution in [3.05, 3.63) is 72.9 Å². The highest BCUT2D eigenvalue weighted by atomic mass is 16.7. The number of hydrogen-bond acceptors (Lipinski definition) is 10. The minimum Gasteiger partial charge on any atom is -0.465 e. The van der Waals surface area contributed by atoms with E-state index in [1.165, 1.54) is 141 Å². The zero-order valence-electron chi connectivity index (χ0n) is 47.7. The number of hydrogen-bond donors (Lipinski definition) is 6. The number of carbonyl (C=O) groups is 2. The number of allylic oxidation sites excluding steroid dienone is 10. The Balaban J connectivity index is 2.13. The summed E-state index contributed by atoms with van der Waals surface area (Å²) in [6.07, 6.45) is 60.1. The van der Waals surface area contributed by atoms with Crippen molar-refractivity contribution < 1.29 is 49.3 Å². The molecule has 1 fully saturated rings. The number of rotatable bonds is 52. The second kappa shape index (κ2) is 53.1. The van der Waals surface area contributed by atoms with Crippen LogP contribution in [0.5, 0.6) is 0 Å². The summed E-state index contributed by atoms with van der Waals surface area (Å²) in [6, 6.07) is -0.841. The van der Waals surface area contributed by atoms with E-state index in [1.54, 1.807) is 6.08 Å². The van der Waals surface area contributed by atoms with Gasteiger partial charge in [0.1, 0.15) is 24.4 Å². The summed E-state index contributed by atoms with van der Waals surface area (Å²) >= 11 is 0. The maximum Gasteiger partial charge on any atom is 0.305 e. The van der Waals surface area contributed by atoms with Gasteiger partial charge in [-0.05, 0) is 96.3 Å². The van der Waals surface area contributed by atoms with Crippen molar-refractivity contribution in [1.82, 2.24) is 5.32 Å². The highest BCUT2D eigenvalue weighted by Gasteiger charge is 2.44. The monoisotopic (exact) mass is 1060 g/mol. The van der Waals surface area contributed by atoms with Gasteiger partial charge in [-0.3, -0.25) is 9.59 Å². The molecule has 11 nitrogen and oxygen atoms in total. The Kier molecular flexibility index (Phi) is 49.7. The van der Waals surface area contributed by atoms with Gasteiger partial charge in [0.25, 0.3) is 0 Å². The van der Waals surface area contributed by atoms with Crippen LogP contribution in [0.25, 0.3) is 0 Å². The normalized spacial score (nSPS) is 19.3. The molecule has 434 valence electrons. The van der Waals surface area contributed by atoms with Crippen LogP contribution in [0, 0.1) is 0 Å². The number of aliphatic hydroxyl groups is 5. The van der Waals surface area contributed by atoms with Crippen LogP contribution in [0.1, 0.15) is 258 Å². The lowest BCUT2D eigenvalue weighted by Gasteiger charge is -2.40. The first-order chi connectivity index (χ1) is 36.7. The summed E-state index contributed by atoms with van der Waals surface area (Å²) in [7, 11) is 0. The van der Waals surface area contributed by atoms with Crippen LogP contribution in [0.15, 0.2) is 72.9 Å². The van der Waals surface area contributed by atoms with Crippen molar-refractivity contribution in [2.45, 2.75) is 301 Å². The van der Waals surface area contributed by atoms with Crippen molar-refractivity contribution in [2.24, 2.45) is 0 Å². The fourth-order valence-corrected chi connectivity index (χ4v) is 9.11. The molecule has 0 bridgehead atoms. The molecule has 0 radical (unpaired) electrons. The van der Waals surface area contributed by atoms with Crippen LogP contribution >= 0.6 is 0 Å². The van der Waals surface area contributed by atoms with E-state index in [9.17, 15) is 35.1 Å². The molecule has 0 spiro atoms. The summed E-state index contributed by atoms with van der Waals surface area (Å²) in [5, 5.41) is 54.4. The van der Waals surface area contributed by atoms with E-state index in [0.717, 1.165) is 89.9 Å². The average Bonchev–Trinajstić information content (AvgIpc) is 3.41. The number of ether oxygens (including phenoxy) is 3. The summed E-state index contributed by atoms with van der Waals surface area (Å²) in [5.74, 6) is -0.264. The van der Waals surface area contributed by atoms with Gasteiger partial charge in [0.15, 0.2) is 6.29 Å². The van der Waals surface area contributed by atoms with E-state index >= 15 is 0 Å². The number of aliphatic hydroxyl groups excluding tert-OH is 5. The SMILES string of the molecule is CCCC/C=C\CCCCCCCC(=O)OCC/C=C\C/C=C\CCCCCCCCCCCCCCCCC(=O)NC(COC1OC(CO)C(O)C(O)C1O)C(O)/C=C/CC/C=C/CC/C=C/CCCCCCC. The molecule has 1 rings (SSSR count). The molecule has 1 aliphatic rings. The van der Waals surface area contributed by atoms with Crippen LogP contribution in [0.4, 0.5) is 0 Å². The molecule has 0 aromatic rings. The van der Waals surface area contributed by atoms with Gasteiger partial charge in [-0.2, -0.15) is 0 Å². The minimum atomic E-state index is -1.58. The second-order valence-corrected chi connectivity index (χ2v) is 21.0. The lowest BCUT2D eigenvalue weighted by atomic mass is 9.99. The quantitative estimate of drug-likeness (QED) is 0.0195. The molecule has 6 N–H and O–H groups in total. The maximum atomic E-state index is 13.0. The third-order valence-electron chi connectivity index (χ3n) is 14.0. The van der Waals surface area contributed by atoms with Gasteiger partial charge in [-0.1, -0.05) is 222 Å². The summed E-state index contributed by atoms with van der Waals surface area (Å²) < 4.78 is 16.6. The first kappa shape index (κ1) is 70.1. The zero-order chi connectivity index (χ0) is 54.5. The molecule has 1 saturated heterocycles. The Morgan fingerprint density at radius 3 is 1.44 bits per heavy atom. The molecule has 75 heavy (non-hydrogen) atoms. The Morgan fingerprint density at radius 1 is 0.493 bits per heavy atom. The molecule has 1 heterocycles. The summed E-state index contributed by atoms with van der Waals surface area (Å²) in [5.41, 5.74) is 0. The molecular formula is C64H113NO10. The van der Waals surface area contributed by atoms with E-state index in [2.05, 4.69) is 79.9 Å². The average molecular weight is 1060 g/mol. The fourth-order valence-electron chi connectivity index (χ4n) is 9.11. The van der Waals surface area contributed by atoms with Crippen LogP contribution in [0.2, 0.25) is 0 Å². The Bertz CT molecular complexity index is 1470. The number of amides is 1. The maximum absolute atomic E-state index is 13.0. The molecule has 0 saturated carbocycles. The predicted octanol–water partition coefficient (Wildman–Crippen LogP) is 14.4. The zero-order valence-corrected chi connectivity index (χ0v) is 47.7. The highest BCUT2D eigenvalue weighted by Crippen LogP contribution is 2.23. The van der Waals surface area contributed by atoms with E-state index in [0.29, 0.717) is 19.4 Å². The smallest absolute Gasteiger partial charge is 0.305 e. The molecule has 0 aliphatic carbocycles. The van der Waals surface area contributed by atoms with Crippen LogP contribution < -0.4 is 5.32 Å². The van der Waals surface area contributed by atoms with Gasteiger partial charge in [-0.25, -0.2) is 0 Å². The van der Waals surface area contributed by atoms with Crippen LogP contribution in [0.3, 0.4) is 0 Å². The van der Waals surface area contributed by atoms with Gasteiger partial charge in [0, 0.05) is 12.8 Å². The van der Waals surface area contributed by atoms with E-state index < -0.39 is 49.5 Å². The largest absolute Gasteiger partial charge is 0.465 e. The molecule has 7 unspecified atom stereocenters. The first-order valence-electron chi connectivity index (χ1n) is 30.7. The summed E-state index contributed by atoms with van der Waals surface area (Å²) in [6.45, 7) is 4.15. The molecule has 11 heteroatoms. The lowest BCUT2D eigenvalue weighted by Crippen LogP contribution is -2.60. The standard InChI is InChI=1S/C64H113NO10/c1-3-5-7-9-11-13-15-16-24-27-31-34-38-42-46-50-57(67)56(55-74-64-63(72)62(71)61(70)58(54-66)75-64)65-59(68)51-47-43-39-35-32-28-25-22-20-18-17-19-21-23-26-29-33-37-41-45-49-53-73-60(69)52-48-44-40-36-30-14-12-10-8-6-4-2/h10,12,15-16,29,31,33-34,41,45-46,50,56-58,61-64,66-67,70-72H,3-9,11,13-14,17-28,30,32,35-40,42-44,47-49,51-55H2,1-2H3,(H,65,68)/b12-10-,16-15+,33-29-,34-31+,45-41-,50-46+. The molecule has 7 atom stereocenters. The predicted molar refractivity (Wildman–Crippen MR) is 310 cm³/mol. The molecule has 0 aromatic carbocycles. The number of carbonyl (C=O) groups excluding carboxylic acids is 2. The Hall–Kier alpha value is -2.90. The van der Waals surface area contributed by atoms with Crippen molar-refractivity contribution in [2.75, 3.05) is 19.8 Å². The highest BCUT2D eigenvalue weighted by molar-refractivity contribution is 5.76. The van der Waals surface area contributed by atoms with Gasteiger partial charge >= 0.3 is 5.97 Å². The molecule has 0 aromatic heterocycles. The topological polar surface area (TPSA) is 175 Å². The molecule has 1 aliphatic heterocycles. The van der Waals surface area contributed by atoms with E-state index in [1.807, 2.05) is 6.08 Å². The number of esters is 1. The Morgan fingerprint density at radius 2 is 0.920 bits per heavy atom. The molecule has 1 amide bonds. The Labute approximate surface area is 458 Å². The van der Waals surface area contributed by atoms with Crippen LogP contribution in [-0.2, 0) is 23.8 Å². The van der Waals surface area contributed by atoms with Crippen molar-refractivity contribution in [3.8, 4) is 0 Å². The van der Waals surface area contributed by atoms with Gasteiger partial charge in [0.05, 0.1) is 32.0 Å². The van der Waals surface area contributed by atoms with Gasteiger partial charge in [-0.15, -0.1) is 0 Å². The first-order valence-corrected chi connectivity index (χ1v) is 30.7. The van der Waals surface area contributed by atoms with E-state index in [-0.39, 0.29) is 18.5 Å². The van der Waals surface area contributed by atoms with Crippen molar-refractivity contribution in [1.29, 1.82) is 0 Å². The van der Waals surface area contributed by atoms with Gasteiger partial charge < -0.3 is 45.1 Å². The second-order valence-electron chi connectivity index (χ2n) is 21.0. The number of unbranched alkanes of at least 4 members (excludes halogenated alkanes) is 28. The van der Waals surface area contributed by atoms with Gasteiger partial charge in [0.2, 0.25) is 5.91 Å². The van der Waals surface area contributed by atoms with Crippen molar-refractivity contribution >= 4 is 11.9 Å². The van der Waals surface area contributed by atoms with E-state index in [4.69, 9.17) is 14.2 Å². The van der Waals surface area contributed by atoms with Crippen molar-refractivity contribution in [3.63, 3.8) is 0 Å². The third kappa shape index (κ3) is 42.8. The van der Waals surface area contributed by atoms with Crippen LogP contribution in [-0.4, -0.2) is 100 Å². The third-order valence-corrected chi connectivity index (χ3v) is 14.0. The number of nitrogens with one attached hydrogen (secondary N) is 1. The summed E-state index contributed by atoms with van der Waals surface area (Å²) in [4.78, 5) is 25.0. The molecular weight excluding hydrogens is 943 g/mol.